The summed E-state index contributed by atoms with van der Waals surface area (Å²) in [6.45, 7) is 10.3. The minimum atomic E-state index is -0.586. The molecule has 0 bridgehead atoms. The van der Waals surface area contributed by atoms with Gasteiger partial charge in [-0.2, -0.15) is 4.68 Å². The van der Waals surface area contributed by atoms with Crippen molar-refractivity contribution in [3.05, 3.63) is 51.5 Å². The Morgan fingerprint density at radius 2 is 1.82 bits per heavy atom. The number of pyridine rings is 1. The van der Waals surface area contributed by atoms with Gasteiger partial charge in [0.05, 0.1) is 12.6 Å². The zero-order chi connectivity index (χ0) is 29.2. The Balaban J connectivity index is 1.58. The molecule has 1 fully saturated rings. The Kier molecular flexibility index (Phi) is 8.59. The SMILES string of the molecule is COC(=O)/C=C/c1c(C)c(O)n(Nc2cc(CN3CCN(C(=O)OC(C)(C)C)CC3)c3ccc(Br)cc3n2)c1O. The maximum atomic E-state index is 12.5. The van der Waals surface area contributed by atoms with Crippen LogP contribution in [0, 0.1) is 6.92 Å². The fourth-order valence-corrected chi connectivity index (χ4v) is 4.78. The number of benzene rings is 1. The van der Waals surface area contributed by atoms with Crippen LogP contribution in [0.15, 0.2) is 34.8 Å². The summed E-state index contributed by atoms with van der Waals surface area (Å²) >= 11 is 3.51. The highest BCUT2D eigenvalue weighted by molar-refractivity contribution is 9.10. The molecular formula is C28H34BrN5O6. The van der Waals surface area contributed by atoms with Crippen molar-refractivity contribution < 1.29 is 29.3 Å². The van der Waals surface area contributed by atoms with E-state index in [4.69, 9.17) is 9.72 Å². The maximum absolute atomic E-state index is 12.5. The second kappa shape index (κ2) is 11.8. The van der Waals surface area contributed by atoms with Crippen LogP contribution in [0.3, 0.4) is 0 Å². The van der Waals surface area contributed by atoms with Gasteiger partial charge in [0, 0.05) is 59.8 Å². The Morgan fingerprint density at radius 3 is 2.48 bits per heavy atom. The predicted molar refractivity (Wildman–Crippen MR) is 155 cm³/mol. The monoisotopic (exact) mass is 615 g/mol. The van der Waals surface area contributed by atoms with Crippen LogP contribution in [0.4, 0.5) is 10.6 Å². The zero-order valence-corrected chi connectivity index (χ0v) is 24.8. The average Bonchev–Trinajstić information content (AvgIpc) is 3.09. The standard InChI is InChI=1S/C28H34BrN5O6/c1-17-20(8-9-24(35)39-5)26(37)34(25(17)36)31-23-14-18(21-7-6-19(29)15-22(21)30-23)16-32-10-12-33(13-11-32)27(38)40-28(2,3)4/h6-9,14-15,36-37H,10-13,16H2,1-5H3,(H,30,31)/b9-8+. The zero-order valence-electron chi connectivity index (χ0n) is 23.2. The Morgan fingerprint density at radius 1 is 1.12 bits per heavy atom. The van der Waals surface area contributed by atoms with Gasteiger partial charge in [-0.15, -0.1) is 0 Å². The molecule has 1 aromatic carbocycles. The number of carbonyl (C=O) groups is 2. The molecule has 12 heteroatoms. The first-order valence-corrected chi connectivity index (χ1v) is 13.6. The third-order valence-electron chi connectivity index (χ3n) is 6.49. The minimum Gasteiger partial charge on any atom is -0.493 e. The second-order valence-electron chi connectivity index (χ2n) is 10.6. The van der Waals surface area contributed by atoms with Crippen LogP contribution in [-0.2, 0) is 20.8 Å². The van der Waals surface area contributed by atoms with Gasteiger partial charge in [-0.05, 0) is 57.5 Å². The van der Waals surface area contributed by atoms with Crippen LogP contribution in [0.25, 0.3) is 17.0 Å². The smallest absolute Gasteiger partial charge is 0.410 e. The van der Waals surface area contributed by atoms with Crippen molar-refractivity contribution >= 4 is 50.8 Å². The van der Waals surface area contributed by atoms with Crippen LogP contribution in [0.1, 0.15) is 37.5 Å². The maximum Gasteiger partial charge on any atom is 0.410 e. The molecule has 1 aliphatic heterocycles. The number of rotatable bonds is 6. The fourth-order valence-electron chi connectivity index (χ4n) is 4.43. The van der Waals surface area contributed by atoms with E-state index in [1.807, 2.05) is 45.0 Å². The number of halogens is 1. The quantitative estimate of drug-likeness (QED) is 0.268. The van der Waals surface area contributed by atoms with Gasteiger partial charge in [0.15, 0.2) is 0 Å². The van der Waals surface area contributed by atoms with E-state index in [2.05, 4.69) is 31.0 Å². The number of fused-ring (bicyclic) bond motifs is 1. The van der Waals surface area contributed by atoms with E-state index in [0.717, 1.165) is 31.7 Å². The van der Waals surface area contributed by atoms with E-state index in [1.54, 1.807) is 11.8 Å². The summed E-state index contributed by atoms with van der Waals surface area (Å²) in [6, 6.07) is 7.71. The van der Waals surface area contributed by atoms with E-state index < -0.39 is 11.6 Å². The first kappa shape index (κ1) is 29.2. The number of nitrogens with one attached hydrogen (secondary N) is 1. The number of piperazine rings is 1. The van der Waals surface area contributed by atoms with Gasteiger partial charge in [-0.1, -0.05) is 22.0 Å². The molecule has 214 valence electrons. The summed E-state index contributed by atoms with van der Waals surface area (Å²) < 4.78 is 12.1. The van der Waals surface area contributed by atoms with E-state index in [1.165, 1.54) is 13.2 Å². The topological polar surface area (TPSA) is 129 Å². The number of methoxy groups -OCH3 is 1. The van der Waals surface area contributed by atoms with Crippen molar-refractivity contribution in [2.24, 2.45) is 0 Å². The van der Waals surface area contributed by atoms with Crippen LogP contribution in [-0.4, -0.2) is 80.6 Å². The lowest BCUT2D eigenvalue weighted by atomic mass is 10.1. The van der Waals surface area contributed by atoms with Crippen LogP contribution >= 0.6 is 15.9 Å². The number of aromatic nitrogens is 2. The lowest BCUT2D eigenvalue weighted by Gasteiger charge is -2.35. The number of anilines is 1. The molecule has 3 aromatic rings. The Bertz CT molecular complexity index is 1450. The molecular weight excluding hydrogens is 582 g/mol. The van der Waals surface area contributed by atoms with Crippen molar-refractivity contribution in [3.63, 3.8) is 0 Å². The Labute approximate surface area is 241 Å². The van der Waals surface area contributed by atoms with Crippen molar-refractivity contribution in [2.45, 2.75) is 39.8 Å². The summed E-state index contributed by atoms with van der Waals surface area (Å²) in [5.74, 6) is -0.696. The number of esters is 1. The van der Waals surface area contributed by atoms with Gasteiger partial charge in [0.25, 0.3) is 0 Å². The van der Waals surface area contributed by atoms with Crippen molar-refractivity contribution in [3.8, 4) is 11.8 Å². The van der Waals surface area contributed by atoms with E-state index in [9.17, 15) is 19.8 Å². The van der Waals surface area contributed by atoms with Crippen LogP contribution in [0.2, 0.25) is 0 Å². The van der Waals surface area contributed by atoms with E-state index >= 15 is 0 Å². The number of carbonyl (C=O) groups excluding carboxylic acids is 2. The molecule has 1 saturated heterocycles. The summed E-state index contributed by atoms with van der Waals surface area (Å²) in [6.07, 6.45) is 2.24. The molecule has 11 nitrogen and oxygen atoms in total. The molecule has 0 unspecified atom stereocenters. The second-order valence-corrected chi connectivity index (χ2v) is 11.5. The average molecular weight is 617 g/mol. The molecule has 0 atom stereocenters. The van der Waals surface area contributed by atoms with E-state index in [0.29, 0.717) is 44.1 Å². The summed E-state index contributed by atoms with van der Waals surface area (Å²) in [5.41, 5.74) is 4.79. The van der Waals surface area contributed by atoms with Crippen molar-refractivity contribution in [1.82, 2.24) is 19.5 Å². The molecule has 2 aromatic heterocycles. The van der Waals surface area contributed by atoms with E-state index in [-0.39, 0.29) is 23.4 Å². The van der Waals surface area contributed by atoms with Gasteiger partial charge in [0.2, 0.25) is 11.8 Å². The third kappa shape index (κ3) is 6.68. The molecule has 4 rings (SSSR count). The molecule has 0 saturated carbocycles. The largest absolute Gasteiger partial charge is 0.493 e. The molecule has 3 N–H and O–H groups in total. The van der Waals surface area contributed by atoms with Gasteiger partial charge < -0.3 is 24.6 Å². The summed E-state index contributed by atoms with van der Waals surface area (Å²) in [4.78, 5) is 32.7. The minimum absolute atomic E-state index is 0.224. The molecule has 40 heavy (non-hydrogen) atoms. The number of hydrogen-bond donors (Lipinski definition) is 3. The highest BCUT2D eigenvalue weighted by Gasteiger charge is 2.26. The number of amides is 1. The highest BCUT2D eigenvalue weighted by atomic mass is 79.9. The first-order valence-electron chi connectivity index (χ1n) is 12.8. The fraction of sp³-hybridized carbons (Fsp3) is 0.393. The van der Waals surface area contributed by atoms with Gasteiger partial charge in [0.1, 0.15) is 11.4 Å². The molecule has 0 radical (unpaired) electrons. The molecule has 3 heterocycles. The lowest BCUT2D eigenvalue weighted by Crippen LogP contribution is -2.49. The van der Waals surface area contributed by atoms with Gasteiger partial charge in [-0.3, -0.25) is 10.3 Å². The molecule has 1 amide bonds. The molecule has 1 aliphatic rings. The number of aromatic hydroxyl groups is 2. The van der Waals surface area contributed by atoms with Crippen molar-refractivity contribution in [1.29, 1.82) is 0 Å². The van der Waals surface area contributed by atoms with Crippen molar-refractivity contribution in [2.75, 3.05) is 38.7 Å². The number of nitrogens with zero attached hydrogens (tertiary/aromatic N) is 4. The lowest BCUT2D eigenvalue weighted by molar-refractivity contribution is -0.134. The summed E-state index contributed by atoms with van der Waals surface area (Å²) in [5, 5.41) is 22.5. The number of ether oxygens (including phenoxy) is 2. The molecule has 0 aliphatic carbocycles. The predicted octanol–water partition coefficient (Wildman–Crippen LogP) is 4.63. The Hall–Kier alpha value is -3.77. The number of hydrogen-bond acceptors (Lipinski definition) is 9. The van der Waals surface area contributed by atoms with Gasteiger partial charge >= 0.3 is 12.1 Å². The van der Waals surface area contributed by atoms with Crippen LogP contribution < -0.4 is 5.43 Å². The third-order valence-corrected chi connectivity index (χ3v) is 6.99. The molecule has 0 spiro atoms. The highest BCUT2D eigenvalue weighted by Crippen LogP contribution is 2.34. The summed E-state index contributed by atoms with van der Waals surface area (Å²) in [7, 11) is 1.26. The first-order chi connectivity index (χ1) is 18.9. The normalized spacial score (nSPS) is 14.6. The van der Waals surface area contributed by atoms with Crippen LogP contribution in [0.5, 0.6) is 11.8 Å². The van der Waals surface area contributed by atoms with Gasteiger partial charge in [-0.25, -0.2) is 14.6 Å².